The molecule has 0 aromatic carbocycles. The maximum Gasteiger partial charge on any atom is 1.00 e. The molecule has 0 saturated carbocycles. The summed E-state index contributed by atoms with van der Waals surface area (Å²) in [6, 6.07) is 0. The largest absolute Gasteiger partial charge is 1.00 e. The molecule has 0 aromatic heterocycles. The molecule has 0 bridgehead atoms. The second-order valence-electron chi connectivity index (χ2n) is 1.89. The zero-order valence-electron chi connectivity index (χ0n) is 5.27. The molecule has 1 N–H and O–H groups in total. The molecule has 1 fully saturated rings. The van der Waals surface area contributed by atoms with Crippen LogP contribution in [0.25, 0.3) is 0 Å². The summed E-state index contributed by atoms with van der Waals surface area (Å²) in [7, 11) is 0. The first-order valence-corrected chi connectivity index (χ1v) is 2.42. The number of carbonyl (C=O) groups is 1. The van der Waals surface area contributed by atoms with Gasteiger partial charge < -0.3 is 10.1 Å². The van der Waals surface area contributed by atoms with Gasteiger partial charge >= 0.3 is 51.4 Å². The summed E-state index contributed by atoms with van der Waals surface area (Å²) in [6.07, 6.45) is 1.69. The van der Waals surface area contributed by atoms with Gasteiger partial charge in [0.15, 0.2) is 0 Å². The topological polar surface area (TPSA) is 29.1 Å². The molecule has 0 radical (unpaired) electrons. The molecular formula is C5H8KNO. The van der Waals surface area contributed by atoms with Crippen molar-refractivity contribution in [1.82, 2.24) is 5.32 Å². The van der Waals surface area contributed by atoms with E-state index in [0.717, 1.165) is 6.54 Å². The molecule has 8 heavy (non-hydrogen) atoms. The molecule has 1 unspecified atom stereocenters. The Morgan fingerprint density at radius 2 is 2.50 bits per heavy atom. The molecule has 1 saturated heterocycles. The molecule has 1 aliphatic rings. The maximum absolute atomic E-state index is 10.3. The van der Waals surface area contributed by atoms with E-state index in [1.54, 1.807) is 6.42 Å². The second kappa shape index (κ2) is 3.90. The summed E-state index contributed by atoms with van der Waals surface area (Å²) in [5.74, 6) is 0.514. The van der Waals surface area contributed by atoms with Crippen LogP contribution < -0.4 is 56.7 Å². The zero-order chi connectivity index (χ0) is 5.28. The Hall–Kier alpha value is 0.976. The smallest absolute Gasteiger partial charge is 0.383 e. The van der Waals surface area contributed by atoms with Crippen LogP contribution >= 0.6 is 0 Å². The summed E-state index contributed by atoms with van der Waals surface area (Å²) in [4.78, 5) is 10.3. The van der Waals surface area contributed by atoms with Gasteiger partial charge in [0.05, 0.1) is 5.91 Å². The van der Waals surface area contributed by atoms with Crippen LogP contribution in [-0.2, 0) is 4.79 Å². The van der Waals surface area contributed by atoms with Gasteiger partial charge in [0, 0.05) is 0 Å². The first-order chi connectivity index (χ1) is 3.29. The summed E-state index contributed by atoms with van der Waals surface area (Å²) in [6.45, 7) is 2.83. The number of amides is 1. The Morgan fingerprint density at radius 1 is 1.88 bits per heavy atom. The average Bonchev–Trinajstić information content (AvgIpc) is 1.87. The van der Waals surface area contributed by atoms with E-state index in [1.165, 1.54) is 0 Å². The fourth-order valence-corrected chi connectivity index (χ4v) is 0.638. The minimum Gasteiger partial charge on any atom is -0.383 e. The predicted octanol–water partition coefficient (Wildman–Crippen LogP) is -3.04. The first kappa shape index (κ1) is 8.98. The van der Waals surface area contributed by atoms with Crippen LogP contribution in [-0.4, -0.2) is 12.5 Å². The summed E-state index contributed by atoms with van der Waals surface area (Å²) in [5, 5.41) is 2.67. The van der Waals surface area contributed by atoms with E-state index < -0.39 is 0 Å². The molecule has 1 amide bonds. The number of carbonyl (C=O) groups excluding carboxylic acids is 1. The van der Waals surface area contributed by atoms with Crippen LogP contribution in [0.3, 0.4) is 0 Å². The Labute approximate surface area is 91.8 Å². The first-order valence-electron chi connectivity index (χ1n) is 2.42. The molecule has 40 valence electrons. The molecule has 0 aromatic rings. The van der Waals surface area contributed by atoms with Crippen LogP contribution in [0.2, 0.25) is 0 Å². The van der Waals surface area contributed by atoms with Crippen LogP contribution in [0.1, 0.15) is 6.92 Å². The third-order valence-corrected chi connectivity index (χ3v) is 1.03. The molecule has 1 aliphatic heterocycles. The van der Waals surface area contributed by atoms with Gasteiger partial charge in [0.25, 0.3) is 0 Å². The van der Waals surface area contributed by atoms with E-state index in [4.69, 9.17) is 0 Å². The second-order valence-corrected chi connectivity index (χ2v) is 1.89. The molecule has 0 aliphatic carbocycles. The molecule has 1 heterocycles. The third-order valence-electron chi connectivity index (χ3n) is 1.03. The van der Waals surface area contributed by atoms with Gasteiger partial charge in [-0.2, -0.15) is 0 Å². The van der Waals surface area contributed by atoms with Crippen molar-refractivity contribution in [3.63, 3.8) is 0 Å². The van der Waals surface area contributed by atoms with Crippen LogP contribution in [0.5, 0.6) is 0 Å². The van der Waals surface area contributed by atoms with Crippen molar-refractivity contribution in [2.24, 2.45) is 5.92 Å². The molecule has 3 heteroatoms. The van der Waals surface area contributed by atoms with Crippen molar-refractivity contribution in [3.05, 3.63) is 6.42 Å². The van der Waals surface area contributed by atoms with Crippen molar-refractivity contribution in [1.29, 1.82) is 0 Å². The van der Waals surface area contributed by atoms with Crippen molar-refractivity contribution < 1.29 is 56.2 Å². The third kappa shape index (κ3) is 2.50. The summed E-state index contributed by atoms with van der Waals surface area (Å²) in [5.41, 5.74) is 0. The fraction of sp³-hybridized carbons (Fsp3) is 0.600. The normalized spacial score (nSPS) is 25.6. The monoisotopic (exact) mass is 137 g/mol. The Kier molecular flexibility index (Phi) is 4.38. The molecule has 1 atom stereocenters. The predicted molar refractivity (Wildman–Crippen MR) is 26.5 cm³/mol. The van der Waals surface area contributed by atoms with Crippen LogP contribution in [0.15, 0.2) is 0 Å². The Balaban J connectivity index is 0.000000490. The van der Waals surface area contributed by atoms with Gasteiger partial charge in [-0.15, -0.1) is 5.92 Å². The van der Waals surface area contributed by atoms with E-state index in [1.807, 2.05) is 6.92 Å². The Morgan fingerprint density at radius 3 is 2.62 bits per heavy atom. The summed E-state index contributed by atoms with van der Waals surface area (Å²) >= 11 is 0. The SMILES string of the molecule is CC1[CH-]C(=O)NC1.[K+]. The van der Waals surface area contributed by atoms with E-state index >= 15 is 0 Å². The number of nitrogens with one attached hydrogen (secondary N) is 1. The van der Waals surface area contributed by atoms with Gasteiger partial charge in [-0.05, 0) is 6.54 Å². The molecular weight excluding hydrogens is 129 g/mol. The van der Waals surface area contributed by atoms with Crippen molar-refractivity contribution in [2.75, 3.05) is 6.54 Å². The van der Waals surface area contributed by atoms with E-state index in [2.05, 4.69) is 5.32 Å². The molecule has 1 rings (SSSR count). The van der Waals surface area contributed by atoms with Crippen molar-refractivity contribution in [3.8, 4) is 0 Å². The van der Waals surface area contributed by atoms with Crippen molar-refractivity contribution in [2.45, 2.75) is 6.92 Å². The van der Waals surface area contributed by atoms with Crippen LogP contribution in [0.4, 0.5) is 0 Å². The molecule has 2 nitrogen and oxygen atoms in total. The summed E-state index contributed by atoms with van der Waals surface area (Å²) < 4.78 is 0. The standard InChI is InChI=1S/C5H8NO.K/c1-4-2-5(7)6-3-4;/h2,4H,3H2,1H3,(H,6,7);/q-1;+1. The number of hydrogen-bond acceptors (Lipinski definition) is 1. The fourth-order valence-electron chi connectivity index (χ4n) is 0.638. The van der Waals surface area contributed by atoms with E-state index in [9.17, 15) is 4.79 Å². The number of rotatable bonds is 0. The minimum absolute atomic E-state index is 0. The van der Waals surface area contributed by atoms with Crippen molar-refractivity contribution >= 4 is 5.91 Å². The van der Waals surface area contributed by atoms with Gasteiger partial charge in [-0.25, -0.2) is 0 Å². The quantitative estimate of drug-likeness (QED) is 0.279. The van der Waals surface area contributed by atoms with Gasteiger partial charge in [-0.1, -0.05) is 6.92 Å². The molecule has 0 spiro atoms. The van der Waals surface area contributed by atoms with E-state index in [-0.39, 0.29) is 57.3 Å². The maximum atomic E-state index is 10.3. The average molecular weight is 137 g/mol. The Bertz CT molecular complexity index is 94.4. The minimum atomic E-state index is 0. The van der Waals surface area contributed by atoms with Gasteiger partial charge in [-0.3, -0.25) is 6.42 Å². The van der Waals surface area contributed by atoms with Crippen LogP contribution in [0, 0.1) is 12.3 Å². The van der Waals surface area contributed by atoms with Gasteiger partial charge in [0.2, 0.25) is 0 Å². The van der Waals surface area contributed by atoms with Gasteiger partial charge in [0.1, 0.15) is 0 Å². The van der Waals surface area contributed by atoms with E-state index in [0.29, 0.717) is 5.92 Å². The zero-order valence-corrected chi connectivity index (χ0v) is 8.39. The number of hydrogen-bond donors (Lipinski definition) is 1.